The van der Waals surface area contributed by atoms with Crippen LogP contribution in [-0.2, 0) is 0 Å². The lowest BCUT2D eigenvalue weighted by molar-refractivity contribution is 0.251. The summed E-state index contributed by atoms with van der Waals surface area (Å²) >= 11 is 0. The normalized spacial score (nSPS) is 20.4. The van der Waals surface area contributed by atoms with Gasteiger partial charge in [-0.15, -0.1) is 0 Å². The van der Waals surface area contributed by atoms with E-state index in [0.29, 0.717) is 12.5 Å². The van der Waals surface area contributed by atoms with Crippen LogP contribution >= 0.6 is 0 Å². The first-order chi connectivity index (χ1) is 10.1. The molecule has 0 amide bonds. The molecule has 1 aromatic carbocycles. The number of nitrogens with zero attached hydrogens (tertiary/aromatic N) is 1. The summed E-state index contributed by atoms with van der Waals surface area (Å²) in [7, 11) is 0. The highest BCUT2D eigenvalue weighted by atomic mass is 19.1. The van der Waals surface area contributed by atoms with E-state index in [1.165, 1.54) is 6.07 Å². The highest BCUT2D eigenvalue weighted by molar-refractivity contribution is 5.59. The van der Waals surface area contributed by atoms with E-state index < -0.39 is 0 Å². The van der Waals surface area contributed by atoms with Crippen molar-refractivity contribution in [3.8, 4) is 5.75 Å². The summed E-state index contributed by atoms with van der Waals surface area (Å²) in [6.07, 6.45) is 4.38. The van der Waals surface area contributed by atoms with Gasteiger partial charge in [-0.2, -0.15) is 0 Å². The van der Waals surface area contributed by atoms with E-state index in [1.807, 2.05) is 0 Å². The van der Waals surface area contributed by atoms with Crippen molar-refractivity contribution in [2.45, 2.75) is 45.6 Å². The zero-order chi connectivity index (χ0) is 15.2. The van der Waals surface area contributed by atoms with Crippen LogP contribution in [0.1, 0.15) is 39.5 Å². The third-order valence-corrected chi connectivity index (χ3v) is 4.02. The lowest BCUT2D eigenvalue weighted by Gasteiger charge is -2.33. The lowest BCUT2D eigenvalue weighted by Crippen LogP contribution is -2.43. The van der Waals surface area contributed by atoms with E-state index in [2.05, 4.69) is 18.7 Å². The van der Waals surface area contributed by atoms with Crippen LogP contribution in [0.3, 0.4) is 0 Å². The van der Waals surface area contributed by atoms with E-state index in [4.69, 9.17) is 10.5 Å². The Hall–Kier alpha value is -1.29. The highest BCUT2D eigenvalue weighted by Gasteiger charge is 2.20. The summed E-state index contributed by atoms with van der Waals surface area (Å²) in [5, 5.41) is 0. The molecule has 3 nitrogen and oxygen atoms in total. The molecule has 1 aliphatic heterocycles. The fourth-order valence-electron chi connectivity index (χ4n) is 2.90. The minimum Gasteiger partial charge on any atom is -0.491 e. The number of rotatable bonds is 6. The van der Waals surface area contributed by atoms with Crippen molar-refractivity contribution in [2.75, 3.05) is 24.6 Å². The average Bonchev–Trinajstić information content (AvgIpc) is 2.46. The summed E-state index contributed by atoms with van der Waals surface area (Å²) in [5.41, 5.74) is 6.88. The predicted molar refractivity (Wildman–Crippen MR) is 85.4 cm³/mol. The van der Waals surface area contributed by atoms with Crippen molar-refractivity contribution in [3.63, 3.8) is 0 Å². The highest BCUT2D eigenvalue weighted by Crippen LogP contribution is 2.31. The number of piperidine rings is 1. The monoisotopic (exact) mass is 294 g/mol. The van der Waals surface area contributed by atoms with Gasteiger partial charge in [0.2, 0.25) is 0 Å². The molecule has 0 saturated carbocycles. The van der Waals surface area contributed by atoms with Gasteiger partial charge in [-0.05, 0) is 37.3 Å². The fraction of sp³-hybridized carbons (Fsp3) is 0.647. The third-order valence-electron chi connectivity index (χ3n) is 4.02. The van der Waals surface area contributed by atoms with Crippen molar-refractivity contribution >= 4 is 5.69 Å². The summed E-state index contributed by atoms with van der Waals surface area (Å²) in [6.45, 7) is 6.72. The van der Waals surface area contributed by atoms with Gasteiger partial charge in [0.15, 0.2) is 0 Å². The maximum Gasteiger partial charge on any atom is 0.142 e. The largest absolute Gasteiger partial charge is 0.491 e. The summed E-state index contributed by atoms with van der Waals surface area (Å²) < 4.78 is 19.6. The van der Waals surface area contributed by atoms with Crippen LogP contribution in [0.2, 0.25) is 0 Å². The molecule has 1 aliphatic rings. The number of halogens is 1. The number of nitrogens with two attached hydrogens (primary N) is 1. The molecule has 0 aromatic heterocycles. The molecule has 2 unspecified atom stereocenters. The van der Waals surface area contributed by atoms with Gasteiger partial charge in [-0.25, -0.2) is 4.39 Å². The number of anilines is 1. The summed E-state index contributed by atoms with van der Waals surface area (Å²) in [4.78, 5) is 2.15. The van der Waals surface area contributed by atoms with Crippen LogP contribution in [0, 0.1) is 11.7 Å². The zero-order valence-corrected chi connectivity index (χ0v) is 13.1. The second-order valence-electron chi connectivity index (χ2n) is 6.17. The summed E-state index contributed by atoms with van der Waals surface area (Å²) in [6, 6.07) is 4.93. The first kappa shape index (κ1) is 16.1. The molecule has 1 aromatic rings. The molecule has 2 N–H and O–H groups in total. The molecule has 4 heteroatoms. The van der Waals surface area contributed by atoms with Crippen molar-refractivity contribution in [1.82, 2.24) is 0 Å². The molecule has 1 saturated heterocycles. The minimum absolute atomic E-state index is 0.161. The van der Waals surface area contributed by atoms with Gasteiger partial charge >= 0.3 is 0 Å². The Balaban J connectivity index is 2.09. The van der Waals surface area contributed by atoms with E-state index in [1.54, 1.807) is 12.1 Å². The first-order valence-corrected chi connectivity index (χ1v) is 8.03. The van der Waals surface area contributed by atoms with Gasteiger partial charge in [-0.3, -0.25) is 0 Å². The number of ether oxygens (including phenoxy) is 1. The van der Waals surface area contributed by atoms with Crippen LogP contribution < -0.4 is 15.4 Å². The molecule has 2 atom stereocenters. The van der Waals surface area contributed by atoms with E-state index in [-0.39, 0.29) is 11.9 Å². The topological polar surface area (TPSA) is 38.5 Å². The van der Waals surface area contributed by atoms with E-state index >= 15 is 0 Å². The predicted octanol–water partition coefficient (Wildman–Crippen LogP) is 3.57. The van der Waals surface area contributed by atoms with Gasteiger partial charge < -0.3 is 15.4 Å². The van der Waals surface area contributed by atoms with Crippen LogP contribution in [0.25, 0.3) is 0 Å². The van der Waals surface area contributed by atoms with Gasteiger partial charge in [0.25, 0.3) is 0 Å². The van der Waals surface area contributed by atoms with Crippen molar-refractivity contribution < 1.29 is 9.13 Å². The number of hydrogen-bond acceptors (Lipinski definition) is 3. The number of hydrogen-bond donors (Lipinski definition) is 1. The maximum absolute atomic E-state index is 13.6. The standard InChI is InChI=1S/C17H27FN2O/c1-3-5-13(2)12-21-17-8-7-14(18)10-16(17)20-9-4-6-15(19)11-20/h7-8,10,13,15H,3-6,9,11-12,19H2,1-2H3. The Kier molecular flexibility index (Phi) is 5.85. The van der Waals surface area contributed by atoms with Crippen LogP contribution in [0.5, 0.6) is 5.75 Å². The molecular weight excluding hydrogens is 267 g/mol. The Bertz CT molecular complexity index is 452. The van der Waals surface area contributed by atoms with Gasteiger partial charge in [0.05, 0.1) is 12.3 Å². The quantitative estimate of drug-likeness (QED) is 0.871. The van der Waals surface area contributed by atoms with E-state index in [9.17, 15) is 4.39 Å². The average molecular weight is 294 g/mol. The van der Waals surface area contributed by atoms with Crippen molar-refractivity contribution in [3.05, 3.63) is 24.0 Å². The molecule has 118 valence electrons. The Labute approximate surface area is 127 Å². The zero-order valence-electron chi connectivity index (χ0n) is 13.1. The van der Waals surface area contributed by atoms with Crippen molar-refractivity contribution in [1.29, 1.82) is 0 Å². The minimum atomic E-state index is -0.224. The molecule has 0 bridgehead atoms. The molecule has 1 fully saturated rings. The first-order valence-electron chi connectivity index (χ1n) is 8.03. The Morgan fingerprint density at radius 2 is 2.29 bits per heavy atom. The third kappa shape index (κ3) is 4.60. The van der Waals surface area contributed by atoms with Crippen LogP contribution in [0.4, 0.5) is 10.1 Å². The fourth-order valence-corrected chi connectivity index (χ4v) is 2.90. The lowest BCUT2D eigenvalue weighted by atomic mass is 10.1. The summed E-state index contributed by atoms with van der Waals surface area (Å²) in [5.74, 6) is 1.06. The Morgan fingerprint density at radius 1 is 1.48 bits per heavy atom. The molecular formula is C17H27FN2O. The Morgan fingerprint density at radius 3 is 3.00 bits per heavy atom. The molecule has 21 heavy (non-hydrogen) atoms. The van der Waals surface area contributed by atoms with Gasteiger partial charge in [-0.1, -0.05) is 20.3 Å². The maximum atomic E-state index is 13.6. The van der Waals surface area contributed by atoms with Crippen LogP contribution in [0.15, 0.2) is 18.2 Å². The van der Waals surface area contributed by atoms with Crippen molar-refractivity contribution in [2.24, 2.45) is 11.7 Å². The van der Waals surface area contributed by atoms with Gasteiger partial charge in [0, 0.05) is 25.2 Å². The molecule has 1 heterocycles. The number of benzene rings is 1. The smallest absolute Gasteiger partial charge is 0.142 e. The molecule has 0 spiro atoms. The molecule has 0 aliphatic carbocycles. The van der Waals surface area contributed by atoms with Crippen LogP contribution in [-0.4, -0.2) is 25.7 Å². The van der Waals surface area contributed by atoms with E-state index in [0.717, 1.165) is 50.2 Å². The SMILES string of the molecule is CCCC(C)COc1ccc(F)cc1N1CCCC(N)C1. The molecule has 2 rings (SSSR count). The van der Waals surface area contributed by atoms with Gasteiger partial charge in [0.1, 0.15) is 11.6 Å². The molecule has 0 radical (unpaired) electrons. The second-order valence-corrected chi connectivity index (χ2v) is 6.17. The second kappa shape index (κ2) is 7.64.